The second kappa shape index (κ2) is 7.80. The van der Waals surface area contributed by atoms with Crippen LogP contribution in [0.3, 0.4) is 0 Å². The number of para-hydroxylation sites is 1. The van der Waals surface area contributed by atoms with Crippen molar-refractivity contribution in [3.05, 3.63) is 28.2 Å². The topological polar surface area (TPSA) is 55.6 Å². The summed E-state index contributed by atoms with van der Waals surface area (Å²) in [5, 5.41) is 0. The van der Waals surface area contributed by atoms with Crippen molar-refractivity contribution in [2.24, 2.45) is 5.73 Å². The number of rotatable bonds is 5. The maximum Gasteiger partial charge on any atom is 0.260 e. The van der Waals surface area contributed by atoms with Crippen LogP contribution in [0.4, 0.5) is 0 Å². The Labute approximate surface area is 134 Å². The molecule has 2 rings (SSSR count). The molecule has 4 nitrogen and oxygen atoms in total. The first-order valence-corrected chi connectivity index (χ1v) is 8.31. The number of carbonyl (C=O) groups is 1. The second-order valence-electron chi connectivity index (χ2n) is 5.64. The highest BCUT2D eigenvalue weighted by molar-refractivity contribution is 9.10. The van der Waals surface area contributed by atoms with Crippen molar-refractivity contribution >= 4 is 21.8 Å². The van der Waals surface area contributed by atoms with Crippen molar-refractivity contribution in [1.82, 2.24) is 4.90 Å². The zero-order chi connectivity index (χ0) is 15.2. The van der Waals surface area contributed by atoms with E-state index in [0.717, 1.165) is 48.1 Å². The monoisotopic (exact) mass is 354 g/mol. The molecule has 1 atom stereocenters. The third-order valence-corrected chi connectivity index (χ3v) is 4.26. The highest BCUT2D eigenvalue weighted by atomic mass is 79.9. The van der Waals surface area contributed by atoms with Gasteiger partial charge in [-0.05, 0) is 60.2 Å². The summed E-state index contributed by atoms with van der Waals surface area (Å²) in [5.74, 6) is 0.803. The van der Waals surface area contributed by atoms with E-state index < -0.39 is 0 Å². The molecule has 0 spiro atoms. The molecule has 2 N–H and O–H groups in total. The van der Waals surface area contributed by atoms with E-state index in [1.54, 1.807) is 0 Å². The van der Waals surface area contributed by atoms with Crippen molar-refractivity contribution in [2.45, 2.75) is 38.6 Å². The molecular weight excluding hydrogens is 332 g/mol. The van der Waals surface area contributed by atoms with Gasteiger partial charge in [0.05, 0.1) is 4.47 Å². The first kappa shape index (κ1) is 16.3. The number of nitrogens with two attached hydrogens (primary N) is 1. The Balaban J connectivity index is 2.00. The SMILES string of the molecule is CC(N)Cc1cccc(Br)c1OCC(=O)N1CCCCC1. The fraction of sp³-hybridized carbons (Fsp3) is 0.562. The second-order valence-corrected chi connectivity index (χ2v) is 6.49. The van der Waals surface area contributed by atoms with Crippen LogP contribution in [0.2, 0.25) is 0 Å². The molecule has 0 bridgehead atoms. The van der Waals surface area contributed by atoms with E-state index in [1.165, 1.54) is 6.42 Å². The Morgan fingerprint density at radius 3 is 2.76 bits per heavy atom. The van der Waals surface area contributed by atoms with Gasteiger partial charge in [0.15, 0.2) is 6.61 Å². The van der Waals surface area contributed by atoms with E-state index >= 15 is 0 Å². The molecule has 1 saturated heterocycles. The van der Waals surface area contributed by atoms with E-state index in [-0.39, 0.29) is 18.6 Å². The Morgan fingerprint density at radius 2 is 2.10 bits per heavy atom. The molecule has 0 saturated carbocycles. The van der Waals surface area contributed by atoms with Crippen LogP contribution in [0, 0.1) is 0 Å². The van der Waals surface area contributed by atoms with Gasteiger partial charge >= 0.3 is 0 Å². The molecule has 1 aromatic rings. The van der Waals surface area contributed by atoms with Gasteiger partial charge in [0.1, 0.15) is 5.75 Å². The van der Waals surface area contributed by atoms with Gasteiger partial charge in [-0.1, -0.05) is 12.1 Å². The highest BCUT2D eigenvalue weighted by Gasteiger charge is 2.18. The van der Waals surface area contributed by atoms with Crippen LogP contribution in [0.15, 0.2) is 22.7 Å². The van der Waals surface area contributed by atoms with Crippen LogP contribution in [0.25, 0.3) is 0 Å². The van der Waals surface area contributed by atoms with Gasteiger partial charge in [-0.15, -0.1) is 0 Å². The smallest absolute Gasteiger partial charge is 0.260 e. The molecule has 21 heavy (non-hydrogen) atoms. The van der Waals surface area contributed by atoms with E-state index in [2.05, 4.69) is 15.9 Å². The number of likely N-dealkylation sites (tertiary alicyclic amines) is 1. The maximum absolute atomic E-state index is 12.2. The number of hydrogen-bond acceptors (Lipinski definition) is 3. The molecule has 1 amide bonds. The molecule has 1 unspecified atom stereocenters. The predicted molar refractivity (Wildman–Crippen MR) is 87.4 cm³/mol. The molecule has 0 radical (unpaired) electrons. The summed E-state index contributed by atoms with van der Waals surface area (Å²) in [6, 6.07) is 5.93. The zero-order valence-corrected chi connectivity index (χ0v) is 14.1. The lowest BCUT2D eigenvalue weighted by molar-refractivity contribution is -0.134. The number of ether oxygens (including phenoxy) is 1. The fourth-order valence-corrected chi connectivity index (χ4v) is 3.11. The Bertz CT molecular complexity index is 485. The molecule has 0 aliphatic carbocycles. The molecule has 1 fully saturated rings. The maximum atomic E-state index is 12.2. The molecule has 116 valence electrons. The molecule has 1 aromatic carbocycles. The minimum absolute atomic E-state index is 0.0550. The lowest BCUT2D eigenvalue weighted by atomic mass is 10.1. The van der Waals surface area contributed by atoms with Crippen LogP contribution >= 0.6 is 15.9 Å². The standard InChI is InChI=1S/C16H23BrN2O2/c1-12(18)10-13-6-5-7-14(17)16(13)21-11-15(20)19-8-3-2-4-9-19/h5-7,12H,2-4,8-11,18H2,1H3. The van der Waals surface area contributed by atoms with Crippen molar-refractivity contribution in [2.75, 3.05) is 19.7 Å². The van der Waals surface area contributed by atoms with Crippen molar-refractivity contribution in [1.29, 1.82) is 0 Å². The highest BCUT2D eigenvalue weighted by Crippen LogP contribution is 2.30. The number of carbonyl (C=O) groups excluding carboxylic acids is 1. The third kappa shape index (κ3) is 4.71. The summed E-state index contributed by atoms with van der Waals surface area (Å²) in [6.07, 6.45) is 4.13. The molecule has 1 aliphatic rings. The van der Waals surface area contributed by atoms with Crippen LogP contribution < -0.4 is 10.5 Å². The molecule has 0 aromatic heterocycles. The van der Waals surface area contributed by atoms with Crippen LogP contribution in [-0.4, -0.2) is 36.5 Å². The van der Waals surface area contributed by atoms with Gasteiger partial charge in [-0.3, -0.25) is 4.79 Å². The van der Waals surface area contributed by atoms with Crippen molar-refractivity contribution in [3.63, 3.8) is 0 Å². The number of hydrogen-bond donors (Lipinski definition) is 1. The van der Waals surface area contributed by atoms with Gasteiger partial charge < -0.3 is 15.4 Å². The molecule has 1 aliphatic heterocycles. The summed E-state index contributed by atoms with van der Waals surface area (Å²) in [6.45, 7) is 3.76. The molecular formula is C16H23BrN2O2. The Morgan fingerprint density at radius 1 is 1.38 bits per heavy atom. The van der Waals surface area contributed by atoms with Crippen LogP contribution in [0.1, 0.15) is 31.7 Å². The minimum atomic E-state index is 0.0550. The van der Waals surface area contributed by atoms with E-state index in [4.69, 9.17) is 10.5 Å². The van der Waals surface area contributed by atoms with Gasteiger partial charge in [-0.2, -0.15) is 0 Å². The summed E-state index contributed by atoms with van der Waals surface area (Å²) < 4.78 is 6.66. The summed E-state index contributed by atoms with van der Waals surface area (Å²) in [5.41, 5.74) is 6.90. The summed E-state index contributed by atoms with van der Waals surface area (Å²) in [4.78, 5) is 14.1. The molecule has 5 heteroatoms. The first-order chi connectivity index (χ1) is 10.1. The third-order valence-electron chi connectivity index (χ3n) is 3.64. The number of amides is 1. The number of piperidine rings is 1. The number of nitrogens with zero attached hydrogens (tertiary/aromatic N) is 1. The van der Waals surface area contributed by atoms with Gasteiger partial charge in [0, 0.05) is 19.1 Å². The quantitative estimate of drug-likeness (QED) is 0.884. The number of halogens is 1. The fourth-order valence-electron chi connectivity index (χ4n) is 2.59. The normalized spacial score (nSPS) is 16.6. The minimum Gasteiger partial charge on any atom is -0.482 e. The Hall–Kier alpha value is -1.07. The molecule has 1 heterocycles. The number of benzene rings is 1. The van der Waals surface area contributed by atoms with Crippen molar-refractivity contribution < 1.29 is 9.53 Å². The van der Waals surface area contributed by atoms with E-state index in [9.17, 15) is 4.79 Å². The summed E-state index contributed by atoms with van der Waals surface area (Å²) in [7, 11) is 0. The lowest BCUT2D eigenvalue weighted by Crippen LogP contribution is -2.38. The van der Waals surface area contributed by atoms with Gasteiger partial charge in [0.2, 0.25) is 0 Å². The van der Waals surface area contributed by atoms with Crippen LogP contribution in [0.5, 0.6) is 5.75 Å². The average molecular weight is 355 g/mol. The zero-order valence-electron chi connectivity index (χ0n) is 12.5. The van der Waals surface area contributed by atoms with Crippen LogP contribution in [-0.2, 0) is 11.2 Å². The van der Waals surface area contributed by atoms with Gasteiger partial charge in [-0.25, -0.2) is 0 Å². The van der Waals surface area contributed by atoms with Crippen molar-refractivity contribution in [3.8, 4) is 5.75 Å². The Kier molecular flexibility index (Phi) is 6.06. The van der Waals surface area contributed by atoms with E-state index in [0.29, 0.717) is 0 Å². The van der Waals surface area contributed by atoms with E-state index in [1.807, 2.05) is 30.0 Å². The average Bonchev–Trinajstić information content (AvgIpc) is 2.46. The predicted octanol–water partition coefficient (Wildman–Crippen LogP) is 2.73. The first-order valence-electron chi connectivity index (χ1n) is 7.51. The lowest BCUT2D eigenvalue weighted by Gasteiger charge is -2.27. The summed E-state index contributed by atoms with van der Waals surface area (Å²) >= 11 is 3.49. The largest absolute Gasteiger partial charge is 0.482 e. The van der Waals surface area contributed by atoms with Gasteiger partial charge in [0.25, 0.3) is 5.91 Å².